The van der Waals surface area contributed by atoms with Gasteiger partial charge in [-0.2, -0.15) is 4.98 Å². The summed E-state index contributed by atoms with van der Waals surface area (Å²) in [6.45, 7) is 2.61. The zero-order chi connectivity index (χ0) is 19.9. The summed E-state index contributed by atoms with van der Waals surface area (Å²) in [5.74, 6) is 2.08. The van der Waals surface area contributed by atoms with E-state index >= 15 is 0 Å². The van der Waals surface area contributed by atoms with Crippen molar-refractivity contribution in [2.75, 3.05) is 10.6 Å². The first-order valence-electron chi connectivity index (χ1n) is 9.45. The van der Waals surface area contributed by atoms with Gasteiger partial charge in [-0.15, -0.1) is 0 Å². The molecule has 2 N–H and O–H groups in total. The minimum atomic E-state index is 0.528. The monoisotopic (exact) mass is 382 g/mol. The van der Waals surface area contributed by atoms with Gasteiger partial charge in [0.1, 0.15) is 18.2 Å². The highest BCUT2D eigenvalue weighted by molar-refractivity contribution is 5.60. The van der Waals surface area contributed by atoms with Crippen molar-refractivity contribution >= 4 is 23.1 Å². The van der Waals surface area contributed by atoms with E-state index in [9.17, 15) is 0 Å². The molecular formula is C24H22N4O. The molecule has 1 aromatic heterocycles. The summed E-state index contributed by atoms with van der Waals surface area (Å²) in [5, 5.41) is 6.53. The van der Waals surface area contributed by atoms with Crippen molar-refractivity contribution in [1.82, 2.24) is 9.97 Å². The first kappa shape index (κ1) is 18.5. The molecule has 4 rings (SSSR count). The van der Waals surface area contributed by atoms with Crippen molar-refractivity contribution < 1.29 is 4.74 Å². The molecule has 0 aliphatic rings. The van der Waals surface area contributed by atoms with Crippen molar-refractivity contribution in [2.45, 2.75) is 13.5 Å². The van der Waals surface area contributed by atoms with Gasteiger partial charge in [0, 0.05) is 17.6 Å². The predicted octanol–water partition coefficient (Wildman–Crippen LogP) is 5.85. The van der Waals surface area contributed by atoms with Gasteiger partial charge in [0.2, 0.25) is 5.95 Å². The van der Waals surface area contributed by atoms with Gasteiger partial charge in [-0.3, -0.25) is 0 Å². The molecule has 144 valence electrons. The maximum absolute atomic E-state index is 5.82. The maximum atomic E-state index is 5.82. The molecule has 0 unspecified atom stereocenters. The second-order valence-corrected chi connectivity index (χ2v) is 6.68. The quantitative estimate of drug-likeness (QED) is 0.420. The third kappa shape index (κ3) is 5.32. The lowest BCUT2D eigenvalue weighted by molar-refractivity contribution is 0.306. The number of anilines is 4. The van der Waals surface area contributed by atoms with Crippen molar-refractivity contribution in [3.05, 3.63) is 102 Å². The van der Waals surface area contributed by atoms with Crippen LogP contribution in [0.1, 0.15) is 11.1 Å². The lowest BCUT2D eigenvalue weighted by Crippen LogP contribution is -2.00. The summed E-state index contributed by atoms with van der Waals surface area (Å²) in [7, 11) is 0. The van der Waals surface area contributed by atoms with Crippen LogP contribution in [0.5, 0.6) is 5.75 Å². The van der Waals surface area contributed by atoms with E-state index < -0.39 is 0 Å². The molecule has 5 nitrogen and oxygen atoms in total. The number of hydrogen-bond acceptors (Lipinski definition) is 5. The molecule has 0 aliphatic carbocycles. The Kier molecular flexibility index (Phi) is 5.67. The van der Waals surface area contributed by atoms with E-state index in [1.54, 1.807) is 6.20 Å². The van der Waals surface area contributed by atoms with Crippen LogP contribution in [0.4, 0.5) is 23.1 Å². The summed E-state index contributed by atoms with van der Waals surface area (Å²) in [5.41, 5.74) is 4.22. The van der Waals surface area contributed by atoms with Gasteiger partial charge < -0.3 is 15.4 Å². The summed E-state index contributed by atoms with van der Waals surface area (Å²) in [6.07, 6.45) is 1.73. The van der Waals surface area contributed by atoms with Crippen LogP contribution in [-0.4, -0.2) is 9.97 Å². The molecule has 4 aromatic rings. The average Bonchev–Trinajstić information content (AvgIpc) is 2.74. The number of nitrogens with zero attached hydrogens (tertiary/aromatic N) is 2. The second kappa shape index (κ2) is 8.89. The highest BCUT2D eigenvalue weighted by atomic mass is 16.5. The second-order valence-electron chi connectivity index (χ2n) is 6.68. The number of rotatable bonds is 7. The molecule has 3 aromatic carbocycles. The topological polar surface area (TPSA) is 59.1 Å². The average molecular weight is 382 g/mol. The maximum Gasteiger partial charge on any atom is 0.229 e. The Bertz CT molecular complexity index is 1070. The Morgan fingerprint density at radius 3 is 2.41 bits per heavy atom. The largest absolute Gasteiger partial charge is 0.489 e. The SMILES string of the molecule is Cc1cccc(Nc2ccnc(Nc3ccc(OCc4ccccc4)cc3)n2)c1. The van der Waals surface area contributed by atoms with Crippen LogP contribution in [0.15, 0.2) is 91.1 Å². The molecule has 29 heavy (non-hydrogen) atoms. The fourth-order valence-corrected chi connectivity index (χ4v) is 2.86. The molecule has 0 bridgehead atoms. The molecule has 0 spiro atoms. The Morgan fingerprint density at radius 1 is 0.793 bits per heavy atom. The molecule has 0 atom stereocenters. The van der Waals surface area contributed by atoms with E-state index in [4.69, 9.17) is 4.74 Å². The zero-order valence-corrected chi connectivity index (χ0v) is 16.2. The third-order valence-corrected chi connectivity index (χ3v) is 4.30. The van der Waals surface area contributed by atoms with Gasteiger partial charge in [-0.1, -0.05) is 42.5 Å². The van der Waals surface area contributed by atoms with Gasteiger partial charge in [0.15, 0.2) is 0 Å². The van der Waals surface area contributed by atoms with Gasteiger partial charge in [0.25, 0.3) is 0 Å². The third-order valence-electron chi connectivity index (χ3n) is 4.30. The molecule has 0 saturated heterocycles. The van der Waals surface area contributed by atoms with Crippen LogP contribution in [-0.2, 0) is 6.61 Å². The van der Waals surface area contributed by atoms with Crippen molar-refractivity contribution in [1.29, 1.82) is 0 Å². The van der Waals surface area contributed by atoms with Crippen molar-refractivity contribution in [3.63, 3.8) is 0 Å². The lowest BCUT2D eigenvalue weighted by Gasteiger charge is -2.10. The number of aromatic nitrogens is 2. The summed E-state index contributed by atoms with van der Waals surface area (Å²) >= 11 is 0. The standard InChI is InChI=1S/C24H22N4O/c1-18-6-5-9-21(16-18)26-23-14-15-25-24(28-23)27-20-10-12-22(13-11-20)29-17-19-7-3-2-4-8-19/h2-16H,17H2,1H3,(H2,25,26,27,28). The molecule has 0 amide bonds. The van der Waals surface area contributed by atoms with Crippen LogP contribution in [0.3, 0.4) is 0 Å². The van der Waals surface area contributed by atoms with Crippen LogP contribution in [0.2, 0.25) is 0 Å². The Hall–Kier alpha value is -3.86. The first-order chi connectivity index (χ1) is 14.2. The number of ether oxygens (including phenoxy) is 1. The smallest absolute Gasteiger partial charge is 0.229 e. The fourth-order valence-electron chi connectivity index (χ4n) is 2.86. The lowest BCUT2D eigenvalue weighted by atomic mass is 10.2. The summed E-state index contributed by atoms with van der Waals surface area (Å²) < 4.78 is 5.82. The van der Waals surface area contributed by atoms with Crippen LogP contribution in [0.25, 0.3) is 0 Å². The number of nitrogens with one attached hydrogen (secondary N) is 2. The van der Waals surface area contributed by atoms with Crippen molar-refractivity contribution in [2.24, 2.45) is 0 Å². The highest BCUT2D eigenvalue weighted by Gasteiger charge is 2.02. The molecule has 0 fully saturated rings. The van der Waals surface area contributed by atoms with Gasteiger partial charge in [-0.25, -0.2) is 4.98 Å². The molecule has 0 aliphatic heterocycles. The molecular weight excluding hydrogens is 360 g/mol. The van der Waals surface area contributed by atoms with E-state index in [1.807, 2.05) is 72.8 Å². The van der Waals surface area contributed by atoms with Gasteiger partial charge in [0.05, 0.1) is 0 Å². The Balaban J connectivity index is 1.37. The summed E-state index contributed by atoms with van der Waals surface area (Å²) in [4.78, 5) is 8.83. The van der Waals surface area contributed by atoms with E-state index in [0.29, 0.717) is 12.6 Å². The Morgan fingerprint density at radius 2 is 1.62 bits per heavy atom. The van der Waals surface area contributed by atoms with Gasteiger partial charge in [-0.05, 0) is 60.5 Å². The van der Waals surface area contributed by atoms with Gasteiger partial charge >= 0.3 is 0 Å². The predicted molar refractivity (Wildman–Crippen MR) is 117 cm³/mol. The van der Waals surface area contributed by atoms with E-state index in [2.05, 4.69) is 39.7 Å². The number of benzene rings is 3. The molecule has 1 heterocycles. The highest BCUT2D eigenvalue weighted by Crippen LogP contribution is 2.21. The Labute approximate surface area is 170 Å². The molecule has 0 radical (unpaired) electrons. The number of aryl methyl sites for hydroxylation is 1. The fraction of sp³-hybridized carbons (Fsp3) is 0.0833. The van der Waals surface area contributed by atoms with E-state index in [0.717, 1.165) is 28.5 Å². The zero-order valence-electron chi connectivity index (χ0n) is 16.2. The molecule has 5 heteroatoms. The normalized spacial score (nSPS) is 10.4. The van der Waals surface area contributed by atoms with E-state index in [-0.39, 0.29) is 0 Å². The van der Waals surface area contributed by atoms with Crippen LogP contribution < -0.4 is 15.4 Å². The first-order valence-corrected chi connectivity index (χ1v) is 9.45. The number of hydrogen-bond donors (Lipinski definition) is 2. The minimum Gasteiger partial charge on any atom is -0.489 e. The minimum absolute atomic E-state index is 0.528. The molecule has 0 saturated carbocycles. The van der Waals surface area contributed by atoms with E-state index in [1.165, 1.54) is 5.56 Å². The summed E-state index contributed by atoms with van der Waals surface area (Å²) in [6, 6.07) is 27.9. The van der Waals surface area contributed by atoms with Crippen LogP contribution in [0, 0.1) is 6.92 Å². The van der Waals surface area contributed by atoms with Crippen LogP contribution >= 0.6 is 0 Å². The van der Waals surface area contributed by atoms with Crippen molar-refractivity contribution in [3.8, 4) is 5.75 Å².